The van der Waals surface area contributed by atoms with Crippen LogP contribution in [0.3, 0.4) is 0 Å². The molecule has 1 aromatic rings. The van der Waals surface area contributed by atoms with Crippen molar-refractivity contribution in [2.75, 3.05) is 0 Å². The first-order chi connectivity index (χ1) is 5.59. The average molecular weight is 162 g/mol. The number of phenols is 1. The van der Waals surface area contributed by atoms with Gasteiger partial charge in [-0.3, -0.25) is 0 Å². The molecule has 0 heterocycles. The summed E-state index contributed by atoms with van der Waals surface area (Å²) in [6.45, 7) is 4.39. The van der Waals surface area contributed by atoms with E-state index in [1.165, 1.54) is 5.56 Å². The van der Waals surface area contributed by atoms with Crippen LogP contribution >= 0.6 is 0 Å². The summed E-state index contributed by atoms with van der Waals surface area (Å²) >= 11 is 0. The minimum Gasteiger partial charge on any atom is -0.509 e. The van der Waals surface area contributed by atoms with Crippen molar-refractivity contribution in [3.8, 4) is 5.75 Å². The molecule has 1 aromatic carbocycles. The SMILES string of the molecule is Bc1cc(CC(C)C)ccc1O. The Morgan fingerprint density at radius 1 is 1.42 bits per heavy atom. The number of benzene rings is 1. The first-order valence-electron chi connectivity index (χ1n) is 4.38. The van der Waals surface area contributed by atoms with Crippen molar-refractivity contribution < 1.29 is 5.11 Å². The van der Waals surface area contributed by atoms with Gasteiger partial charge in [0.15, 0.2) is 0 Å². The summed E-state index contributed by atoms with van der Waals surface area (Å²) < 4.78 is 0. The molecule has 0 saturated carbocycles. The first kappa shape index (κ1) is 9.18. The molecule has 1 rings (SSSR count). The lowest BCUT2D eigenvalue weighted by molar-refractivity contribution is 0.479. The lowest BCUT2D eigenvalue weighted by Gasteiger charge is -2.06. The molecule has 64 valence electrons. The van der Waals surface area contributed by atoms with Gasteiger partial charge in [-0.25, -0.2) is 0 Å². The summed E-state index contributed by atoms with van der Waals surface area (Å²) in [6, 6.07) is 5.81. The van der Waals surface area contributed by atoms with E-state index in [1.807, 2.05) is 13.9 Å². The van der Waals surface area contributed by atoms with Crippen LogP contribution in [0.2, 0.25) is 0 Å². The summed E-state index contributed by atoms with van der Waals surface area (Å²) in [4.78, 5) is 0. The highest BCUT2D eigenvalue weighted by molar-refractivity contribution is 6.34. The quantitative estimate of drug-likeness (QED) is 0.639. The van der Waals surface area contributed by atoms with Crippen LogP contribution < -0.4 is 5.46 Å². The highest BCUT2D eigenvalue weighted by Gasteiger charge is 2.00. The van der Waals surface area contributed by atoms with Gasteiger partial charge in [0.1, 0.15) is 13.6 Å². The van der Waals surface area contributed by atoms with Crippen LogP contribution in [-0.4, -0.2) is 13.0 Å². The van der Waals surface area contributed by atoms with E-state index in [1.54, 1.807) is 6.07 Å². The second kappa shape index (κ2) is 3.66. The van der Waals surface area contributed by atoms with Gasteiger partial charge in [-0.15, -0.1) is 0 Å². The molecule has 0 fully saturated rings. The summed E-state index contributed by atoms with van der Waals surface area (Å²) in [5.41, 5.74) is 2.27. The van der Waals surface area contributed by atoms with Crippen LogP contribution in [-0.2, 0) is 6.42 Å². The molecule has 0 unspecified atom stereocenters. The van der Waals surface area contributed by atoms with Gasteiger partial charge in [0.2, 0.25) is 0 Å². The zero-order chi connectivity index (χ0) is 9.14. The molecule has 1 nitrogen and oxygen atoms in total. The molecule has 0 saturated heterocycles. The Hall–Kier alpha value is -0.915. The molecule has 0 atom stereocenters. The third-order valence-electron chi connectivity index (χ3n) is 1.91. The topological polar surface area (TPSA) is 20.2 Å². The molecule has 0 bridgehead atoms. The second-order valence-corrected chi connectivity index (χ2v) is 3.72. The van der Waals surface area contributed by atoms with E-state index >= 15 is 0 Å². The monoisotopic (exact) mass is 162 g/mol. The number of rotatable bonds is 2. The number of hydrogen-bond acceptors (Lipinski definition) is 1. The van der Waals surface area contributed by atoms with Crippen LogP contribution in [0.4, 0.5) is 0 Å². The molecule has 0 aliphatic heterocycles. The molecule has 0 aromatic heterocycles. The van der Waals surface area contributed by atoms with Crippen LogP contribution in [0, 0.1) is 5.92 Å². The Kier molecular flexibility index (Phi) is 2.80. The predicted molar refractivity (Wildman–Crippen MR) is 54.8 cm³/mol. The second-order valence-electron chi connectivity index (χ2n) is 3.72. The summed E-state index contributed by atoms with van der Waals surface area (Å²) in [5.74, 6) is 1.07. The maximum absolute atomic E-state index is 9.28. The average Bonchev–Trinajstić information content (AvgIpc) is 1.96. The molecular weight excluding hydrogens is 147 g/mol. The third kappa shape index (κ3) is 2.30. The van der Waals surface area contributed by atoms with Crippen LogP contribution in [0.25, 0.3) is 0 Å². The standard InChI is InChI=1S/C10H15BO/c1-7(2)5-8-3-4-10(12)9(11)6-8/h3-4,6-7,12H,5,11H2,1-2H3. The molecule has 0 amide bonds. The number of phenolic OH excluding ortho intramolecular Hbond substituents is 1. The normalized spacial score (nSPS) is 10.6. The summed E-state index contributed by atoms with van der Waals surface area (Å²) in [7, 11) is 1.93. The summed E-state index contributed by atoms with van der Waals surface area (Å²) in [6.07, 6.45) is 1.08. The highest BCUT2D eigenvalue weighted by atomic mass is 16.3. The fraction of sp³-hybridized carbons (Fsp3) is 0.400. The van der Waals surface area contributed by atoms with Gasteiger partial charge in [0, 0.05) is 0 Å². The van der Waals surface area contributed by atoms with E-state index in [2.05, 4.69) is 19.9 Å². The molecule has 0 radical (unpaired) electrons. The van der Waals surface area contributed by atoms with E-state index < -0.39 is 0 Å². The number of hydrogen-bond donors (Lipinski definition) is 1. The van der Waals surface area contributed by atoms with Crippen molar-refractivity contribution in [2.45, 2.75) is 20.3 Å². The summed E-state index contributed by atoms with van der Waals surface area (Å²) in [5, 5.41) is 9.28. The van der Waals surface area contributed by atoms with Crippen molar-refractivity contribution in [3.05, 3.63) is 23.8 Å². The first-order valence-corrected chi connectivity index (χ1v) is 4.38. The third-order valence-corrected chi connectivity index (χ3v) is 1.91. The smallest absolute Gasteiger partial charge is 0.144 e. The molecule has 0 aliphatic carbocycles. The van der Waals surface area contributed by atoms with Gasteiger partial charge in [-0.2, -0.15) is 0 Å². The fourth-order valence-electron chi connectivity index (χ4n) is 1.32. The van der Waals surface area contributed by atoms with E-state index in [4.69, 9.17) is 0 Å². The van der Waals surface area contributed by atoms with E-state index in [-0.39, 0.29) is 0 Å². The largest absolute Gasteiger partial charge is 0.509 e. The molecule has 0 aliphatic rings. The van der Waals surface area contributed by atoms with Crippen molar-refractivity contribution >= 4 is 13.3 Å². The van der Waals surface area contributed by atoms with Gasteiger partial charge in [0.25, 0.3) is 0 Å². The number of aromatic hydroxyl groups is 1. The van der Waals surface area contributed by atoms with Gasteiger partial charge >= 0.3 is 0 Å². The van der Waals surface area contributed by atoms with Gasteiger partial charge in [-0.05, 0) is 29.4 Å². The fourth-order valence-corrected chi connectivity index (χ4v) is 1.32. The Morgan fingerprint density at radius 2 is 2.08 bits per heavy atom. The molecule has 1 N–H and O–H groups in total. The Labute approximate surface area is 74.8 Å². The zero-order valence-corrected chi connectivity index (χ0v) is 7.96. The van der Waals surface area contributed by atoms with Gasteiger partial charge < -0.3 is 5.11 Å². The molecule has 12 heavy (non-hydrogen) atoms. The minimum atomic E-state index is 0.391. The van der Waals surface area contributed by atoms with E-state index in [9.17, 15) is 5.11 Å². The van der Waals surface area contributed by atoms with E-state index in [0.29, 0.717) is 11.7 Å². The molecule has 0 spiro atoms. The maximum atomic E-state index is 9.28. The lowest BCUT2D eigenvalue weighted by Crippen LogP contribution is -2.05. The van der Waals surface area contributed by atoms with Crippen LogP contribution in [0.1, 0.15) is 19.4 Å². The Balaban J connectivity index is 2.82. The lowest BCUT2D eigenvalue weighted by atomic mass is 9.91. The van der Waals surface area contributed by atoms with Crippen LogP contribution in [0.15, 0.2) is 18.2 Å². The van der Waals surface area contributed by atoms with Crippen LogP contribution in [0.5, 0.6) is 5.75 Å². The van der Waals surface area contributed by atoms with E-state index in [0.717, 1.165) is 11.9 Å². The zero-order valence-electron chi connectivity index (χ0n) is 7.96. The maximum Gasteiger partial charge on any atom is 0.144 e. The predicted octanol–water partition coefficient (Wildman–Crippen LogP) is 0.849. The van der Waals surface area contributed by atoms with Gasteiger partial charge in [-0.1, -0.05) is 26.0 Å². The molecular formula is C10H15BO. The Morgan fingerprint density at radius 3 is 2.58 bits per heavy atom. The Bertz CT molecular complexity index is 269. The van der Waals surface area contributed by atoms with Crippen molar-refractivity contribution in [1.82, 2.24) is 0 Å². The molecule has 2 heteroatoms. The van der Waals surface area contributed by atoms with Crippen molar-refractivity contribution in [1.29, 1.82) is 0 Å². The minimum absolute atomic E-state index is 0.391. The van der Waals surface area contributed by atoms with Crippen molar-refractivity contribution in [3.63, 3.8) is 0 Å². The highest BCUT2D eigenvalue weighted by Crippen LogP contribution is 2.10. The van der Waals surface area contributed by atoms with Crippen molar-refractivity contribution in [2.24, 2.45) is 5.92 Å². The van der Waals surface area contributed by atoms with Gasteiger partial charge in [0.05, 0.1) is 0 Å².